The molecule has 19 heteroatoms. The molecule has 0 heterocycles. The molecule has 0 aromatic rings. The van der Waals surface area contributed by atoms with E-state index in [0.717, 1.165) is 120 Å². The van der Waals surface area contributed by atoms with Crippen molar-refractivity contribution in [3.63, 3.8) is 0 Å². The largest absolute Gasteiger partial charge is 0.472 e. The van der Waals surface area contributed by atoms with Gasteiger partial charge in [0.05, 0.1) is 26.4 Å². The summed E-state index contributed by atoms with van der Waals surface area (Å²) in [6, 6.07) is 0. The Bertz CT molecular complexity index is 1720. The van der Waals surface area contributed by atoms with Crippen LogP contribution in [0.5, 0.6) is 0 Å². The Morgan fingerprint density at radius 1 is 0.326 bits per heavy atom. The number of rotatable bonds is 64. The summed E-state index contributed by atoms with van der Waals surface area (Å²) in [7, 11) is -9.90. The molecular formula is C67H130O17P2. The van der Waals surface area contributed by atoms with Gasteiger partial charge in [0.15, 0.2) is 12.2 Å². The number of phosphoric ester groups is 2. The maximum Gasteiger partial charge on any atom is 0.472 e. The van der Waals surface area contributed by atoms with Gasteiger partial charge < -0.3 is 33.8 Å². The van der Waals surface area contributed by atoms with E-state index in [0.29, 0.717) is 25.7 Å². The third-order valence-corrected chi connectivity index (χ3v) is 18.3. The predicted molar refractivity (Wildman–Crippen MR) is 344 cm³/mol. The molecule has 0 radical (unpaired) electrons. The van der Waals surface area contributed by atoms with Crippen LogP contribution in [0.2, 0.25) is 0 Å². The molecule has 86 heavy (non-hydrogen) atoms. The zero-order valence-electron chi connectivity index (χ0n) is 55.9. The van der Waals surface area contributed by atoms with Gasteiger partial charge in [-0.15, -0.1) is 0 Å². The Labute approximate surface area is 524 Å². The number of esters is 4. The Balaban J connectivity index is 5.26. The lowest BCUT2D eigenvalue weighted by molar-refractivity contribution is -0.161. The molecule has 3 N–H and O–H groups in total. The molecule has 0 aromatic carbocycles. The maximum atomic E-state index is 13.0. The van der Waals surface area contributed by atoms with E-state index in [1.807, 2.05) is 0 Å². The van der Waals surface area contributed by atoms with Gasteiger partial charge in [0.1, 0.15) is 19.3 Å². The Morgan fingerprint density at radius 3 is 0.826 bits per heavy atom. The molecule has 0 aliphatic rings. The van der Waals surface area contributed by atoms with Crippen LogP contribution in [0.4, 0.5) is 0 Å². The average molecular weight is 1270 g/mol. The average Bonchev–Trinajstić information content (AvgIpc) is 3.70. The predicted octanol–water partition coefficient (Wildman–Crippen LogP) is 18.5. The number of hydrogen-bond donors (Lipinski definition) is 3. The quantitative estimate of drug-likeness (QED) is 0.0222. The Kier molecular flexibility index (Phi) is 55.7. The first-order valence-electron chi connectivity index (χ1n) is 34.8. The second-order valence-corrected chi connectivity index (χ2v) is 28.3. The molecule has 5 unspecified atom stereocenters. The van der Waals surface area contributed by atoms with Crippen LogP contribution in [0.15, 0.2) is 0 Å². The summed E-state index contributed by atoms with van der Waals surface area (Å²) in [4.78, 5) is 72.4. The molecule has 0 bridgehead atoms. The fraction of sp³-hybridized carbons (Fsp3) is 0.940. The number of ether oxygens (including phenoxy) is 4. The van der Waals surface area contributed by atoms with Gasteiger partial charge in [-0.25, -0.2) is 9.13 Å². The third-order valence-electron chi connectivity index (χ3n) is 16.4. The van der Waals surface area contributed by atoms with Crippen molar-refractivity contribution in [2.24, 2.45) is 23.7 Å². The van der Waals surface area contributed by atoms with Gasteiger partial charge in [0, 0.05) is 25.7 Å². The highest BCUT2D eigenvalue weighted by Gasteiger charge is 2.30. The Hall–Kier alpha value is -1.94. The fourth-order valence-electron chi connectivity index (χ4n) is 9.86. The highest BCUT2D eigenvalue weighted by molar-refractivity contribution is 7.47. The van der Waals surface area contributed by atoms with Crippen molar-refractivity contribution < 1.29 is 80.2 Å². The molecule has 0 amide bonds. The first-order valence-corrected chi connectivity index (χ1v) is 37.8. The summed E-state index contributed by atoms with van der Waals surface area (Å²) >= 11 is 0. The minimum atomic E-state index is -4.95. The van der Waals surface area contributed by atoms with Gasteiger partial charge >= 0.3 is 39.5 Å². The summed E-state index contributed by atoms with van der Waals surface area (Å²) in [5.41, 5.74) is 0. The number of unbranched alkanes of at least 4 members (excludes halogenated alkanes) is 27. The lowest BCUT2D eigenvalue weighted by Crippen LogP contribution is -2.30. The van der Waals surface area contributed by atoms with E-state index in [2.05, 4.69) is 55.4 Å². The molecule has 0 aliphatic heterocycles. The number of aliphatic hydroxyl groups is 1. The maximum absolute atomic E-state index is 13.0. The summed E-state index contributed by atoms with van der Waals surface area (Å²) in [6.07, 6.45) is 37.6. The molecule has 0 fully saturated rings. The standard InChI is InChI=1S/C67H130O17P2/c1-9-58(6)44-36-28-20-16-12-13-17-21-31-39-47-64(69)77-53-62(83-66(71)49-41-33-22-18-14-15-19-27-35-43-57(4)5)55-81-85(73,74)79-51-61(68)52-80-86(75,76)82-56-63(84-67(72)50-42-34-26-24-30-38-46-60(8)11-3)54-78-65(70)48-40-32-25-23-29-37-45-59(7)10-2/h57-63,68H,9-56H2,1-8H3,(H,73,74)(H,75,76)/t58?,59?,60?,61-,62-,63-/m1/s1. The molecule has 0 aromatic heterocycles. The Morgan fingerprint density at radius 2 is 0.558 bits per heavy atom. The molecular weight excluding hydrogens is 1140 g/mol. The molecule has 0 rings (SSSR count). The SMILES string of the molecule is CCC(C)CCCCCCCCCCCCC(=O)OC[C@H](COP(=O)(O)OC[C@@H](O)COP(=O)(O)OC[C@@H](COC(=O)CCCCCCCCC(C)CC)OC(=O)CCCCCCCCC(C)CC)OC(=O)CCCCCCCCCCCC(C)C. The molecule has 0 spiro atoms. The van der Waals surface area contributed by atoms with Crippen molar-refractivity contribution >= 4 is 39.5 Å². The van der Waals surface area contributed by atoms with Gasteiger partial charge in [0.2, 0.25) is 0 Å². The number of carbonyl (C=O) groups excluding carboxylic acids is 4. The van der Waals surface area contributed by atoms with Crippen molar-refractivity contribution in [3.8, 4) is 0 Å². The van der Waals surface area contributed by atoms with Crippen molar-refractivity contribution in [2.75, 3.05) is 39.6 Å². The van der Waals surface area contributed by atoms with Gasteiger partial charge in [0.25, 0.3) is 0 Å². The van der Waals surface area contributed by atoms with Crippen LogP contribution in [0.3, 0.4) is 0 Å². The summed E-state index contributed by atoms with van der Waals surface area (Å²) in [5, 5.41) is 10.6. The molecule has 0 saturated heterocycles. The minimum Gasteiger partial charge on any atom is -0.462 e. The van der Waals surface area contributed by atoms with Gasteiger partial charge in [-0.1, -0.05) is 274 Å². The van der Waals surface area contributed by atoms with Gasteiger partial charge in [-0.3, -0.25) is 37.3 Å². The summed E-state index contributed by atoms with van der Waals surface area (Å²) in [5.74, 6) is 0.860. The van der Waals surface area contributed by atoms with Crippen LogP contribution in [0.25, 0.3) is 0 Å². The number of aliphatic hydroxyl groups excluding tert-OH is 1. The van der Waals surface area contributed by atoms with Crippen LogP contribution in [-0.4, -0.2) is 96.7 Å². The fourth-order valence-corrected chi connectivity index (χ4v) is 11.4. The van der Waals surface area contributed by atoms with Crippen molar-refractivity contribution in [1.82, 2.24) is 0 Å². The number of carbonyl (C=O) groups is 4. The second-order valence-electron chi connectivity index (χ2n) is 25.4. The first kappa shape index (κ1) is 84.1. The van der Waals surface area contributed by atoms with Crippen LogP contribution < -0.4 is 0 Å². The summed E-state index contributed by atoms with van der Waals surface area (Å²) < 4.78 is 68.1. The van der Waals surface area contributed by atoms with Crippen molar-refractivity contribution in [1.29, 1.82) is 0 Å². The molecule has 8 atom stereocenters. The zero-order chi connectivity index (χ0) is 63.9. The number of phosphoric acid groups is 2. The topological polar surface area (TPSA) is 237 Å². The summed E-state index contributed by atoms with van der Waals surface area (Å²) in [6.45, 7) is 14.0. The normalized spacial score (nSPS) is 15.3. The molecule has 510 valence electrons. The molecule has 0 saturated carbocycles. The van der Waals surface area contributed by atoms with E-state index >= 15 is 0 Å². The highest BCUT2D eigenvalue weighted by atomic mass is 31.2. The van der Waals surface area contributed by atoms with Gasteiger partial charge in [-0.05, 0) is 49.4 Å². The minimum absolute atomic E-state index is 0.101. The van der Waals surface area contributed by atoms with E-state index in [9.17, 15) is 43.2 Å². The number of hydrogen-bond acceptors (Lipinski definition) is 15. The van der Waals surface area contributed by atoms with Crippen LogP contribution in [-0.2, 0) is 65.4 Å². The van der Waals surface area contributed by atoms with E-state index in [1.165, 1.54) is 122 Å². The van der Waals surface area contributed by atoms with E-state index in [4.69, 9.17) is 37.0 Å². The van der Waals surface area contributed by atoms with E-state index in [-0.39, 0.29) is 25.7 Å². The van der Waals surface area contributed by atoms with Crippen LogP contribution in [0, 0.1) is 23.7 Å². The van der Waals surface area contributed by atoms with Crippen LogP contribution in [0.1, 0.15) is 325 Å². The first-order chi connectivity index (χ1) is 41.2. The lowest BCUT2D eigenvalue weighted by Gasteiger charge is -2.21. The van der Waals surface area contributed by atoms with Gasteiger partial charge in [-0.2, -0.15) is 0 Å². The molecule has 0 aliphatic carbocycles. The molecule has 17 nitrogen and oxygen atoms in total. The smallest absolute Gasteiger partial charge is 0.462 e. The monoisotopic (exact) mass is 1270 g/mol. The van der Waals surface area contributed by atoms with Crippen molar-refractivity contribution in [2.45, 2.75) is 343 Å². The van der Waals surface area contributed by atoms with E-state index < -0.39 is 97.5 Å². The van der Waals surface area contributed by atoms with Crippen LogP contribution >= 0.6 is 15.6 Å². The zero-order valence-corrected chi connectivity index (χ0v) is 57.7. The van der Waals surface area contributed by atoms with E-state index in [1.54, 1.807) is 0 Å². The highest BCUT2D eigenvalue weighted by Crippen LogP contribution is 2.45. The van der Waals surface area contributed by atoms with Crippen molar-refractivity contribution in [3.05, 3.63) is 0 Å². The lowest BCUT2D eigenvalue weighted by atomic mass is 9.99. The second kappa shape index (κ2) is 57.0. The third kappa shape index (κ3) is 57.2.